The number of benzene rings is 2. The van der Waals surface area contributed by atoms with Crippen LogP contribution in [-0.4, -0.2) is 31.4 Å². The van der Waals surface area contributed by atoms with Gasteiger partial charge in [0, 0.05) is 24.3 Å². The van der Waals surface area contributed by atoms with Crippen molar-refractivity contribution in [3.8, 4) is 11.4 Å². The van der Waals surface area contributed by atoms with Gasteiger partial charge in [-0.15, -0.1) is 0 Å². The zero-order chi connectivity index (χ0) is 22.1. The van der Waals surface area contributed by atoms with E-state index in [0.717, 1.165) is 59.2 Å². The van der Waals surface area contributed by atoms with Crippen LogP contribution < -0.4 is 10.5 Å². The van der Waals surface area contributed by atoms with Crippen LogP contribution in [0.25, 0.3) is 17.8 Å². The van der Waals surface area contributed by atoms with E-state index in [1.54, 1.807) is 13.4 Å². The number of hydrogen-bond acceptors (Lipinski definition) is 5. The summed E-state index contributed by atoms with van der Waals surface area (Å²) in [6.07, 6.45) is 9.82. The Morgan fingerprint density at radius 2 is 2.03 bits per heavy atom. The second-order valence-electron chi connectivity index (χ2n) is 8.06. The fourth-order valence-electron chi connectivity index (χ4n) is 4.30. The number of nitrogens with two attached hydrogens (primary N) is 1. The first kappa shape index (κ1) is 20.1. The van der Waals surface area contributed by atoms with E-state index in [2.05, 4.69) is 11.1 Å². The number of nitrogens with zero attached hydrogens (tertiary/aromatic N) is 5. The summed E-state index contributed by atoms with van der Waals surface area (Å²) in [4.78, 5) is 9.14. The zero-order valence-electron chi connectivity index (χ0n) is 18.3. The molecule has 4 aromatic rings. The minimum Gasteiger partial charge on any atom is -0.495 e. The van der Waals surface area contributed by atoms with E-state index in [4.69, 9.17) is 20.6 Å². The molecular formula is C25H26N6O. The van der Waals surface area contributed by atoms with Crippen molar-refractivity contribution in [2.75, 3.05) is 12.8 Å². The molecule has 0 saturated carbocycles. The molecule has 0 amide bonds. The number of fused-ring (bicyclic) bond motifs is 1. The number of nitrogen functional groups attached to an aromatic ring is 1. The second kappa shape index (κ2) is 8.34. The number of methoxy groups -OCH3 is 1. The normalized spacial score (nSPS) is 15.8. The lowest BCUT2D eigenvalue weighted by Crippen LogP contribution is -2.18. The first-order chi connectivity index (χ1) is 15.6. The minimum absolute atomic E-state index is 0.178. The van der Waals surface area contributed by atoms with Gasteiger partial charge in [0.25, 0.3) is 0 Å². The molecule has 1 atom stereocenters. The Morgan fingerprint density at radius 1 is 1.16 bits per heavy atom. The number of aryl methyl sites for hydroxylation is 2. The quantitative estimate of drug-likeness (QED) is 0.477. The predicted molar refractivity (Wildman–Crippen MR) is 126 cm³/mol. The van der Waals surface area contributed by atoms with Crippen molar-refractivity contribution in [3.63, 3.8) is 0 Å². The molecule has 0 aliphatic carbocycles. The van der Waals surface area contributed by atoms with Crippen LogP contribution in [0.3, 0.4) is 0 Å². The standard InChI is InChI=1S/C25H26N6O/c1-17-15-30(16-27-17)22-11-9-18(14-23(22)32-2)10-12-24-28-25-20(7-5-13-31(25)29-24)19-6-3-4-8-21(19)26/h3-4,6,8-12,14-16,20H,5,7,13,26H2,1-2H3/t20-/m1/s1. The molecule has 7 heteroatoms. The Morgan fingerprint density at radius 3 is 2.81 bits per heavy atom. The van der Waals surface area contributed by atoms with E-state index >= 15 is 0 Å². The van der Waals surface area contributed by atoms with Crippen molar-refractivity contribution >= 4 is 17.8 Å². The number of imidazole rings is 1. The van der Waals surface area contributed by atoms with E-state index in [1.165, 1.54) is 0 Å². The summed E-state index contributed by atoms with van der Waals surface area (Å²) < 4.78 is 9.59. The van der Waals surface area contributed by atoms with Gasteiger partial charge >= 0.3 is 0 Å². The molecule has 1 aliphatic rings. The molecule has 2 N–H and O–H groups in total. The molecule has 32 heavy (non-hydrogen) atoms. The Bertz CT molecular complexity index is 1290. The van der Waals surface area contributed by atoms with Gasteiger partial charge in [-0.1, -0.05) is 30.3 Å². The summed E-state index contributed by atoms with van der Waals surface area (Å²) in [5.41, 5.74) is 11.1. The van der Waals surface area contributed by atoms with Gasteiger partial charge in [0.15, 0.2) is 5.82 Å². The van der Waals surface area contributed by atoms with Gasteiger partial charge in [0.05, 0.1) is 24.8 Å². The van der Waals surface area contributed by atoms with Crippen molar-refractivity contribution in [2.24, 2.45) is 0 Å². The maximum absolute atomic E-state index is 6.24. The van der Waals surface area contributed by atoms with Crippen molar-refractivity contribution in [1.29, 1.82) is 0 Å². The average Bonchev–Trinajstić information content (AvgIpc) is 3.43. The van der Waals surface area contributed by atoms with Gasteiger partial charge in [-0.05, 0) is 55.2 Å². The van der Waals surface area contributed by atoms with Crippen LogP contribution in [0.4, 0.5) is 5.69 Å². The van der Waals surface area contributed by atoms with E-state index in [0.29, 0.717) is 5.82 Å². The van der Waals surface area contributed by atoms with Crippen LogP contribution in [0.2, 0.25) is 0 Å². The monoisotopic (exact) mass is 426 g/mol. The summed E-state index contributed by atoms with van der Waals surface area (Å²) in [5.74, 6) is 2.64. The van der Waals surface area contributed by atoms with Gasteiger partial charge in [-0.3, -0.25) is 0 Å². The highest BCUT2D eigenvalue weighted by Gasteiger charge is 2.26. The highest BCUT2D eigenvalue weighted by Crippen LogP contribution is 2.35. The predicted octanol–water partition coefficient (Wildman–Crippen LogP) is 4.46. The summed E-state index contributed by atoms with van der Waals surface area (Å²) >= 11 is 0. The Kier molecular flexibility index (Phi) is 5.23. The molecule has 5 rings (SSSR count). The molecule has 162 valence electrons. The number of aromatic nitrogens is 5. The smallest absolute Gasteiger partial charge is 0.174 e. The van der Waals surface area contributed by atoms with Crippen molar-refractivity contribution in [3.05, 3.63) is 83.5 Å². The average molecular weight is 427 g/mol. The largest absolute Gasteiger partial charge is 0.495 e. The van der Waals surface area contributed by atoms with Crippen LogP contribution in [-0.2, 0) is 6.54 Å². The van der Waals surface area contributed by atoms with Crippen LogP contribution >= 0.6 is 0 Å². The molecule has 0 spiro atoms. The molecule has 2 aromatic heterocycles. The lowest BCUT2D eigenvalue weighted by atomic mass is 9.90. The fourth-order valence-corrected chi connectivity index (χ4v) is 4.30. The minimum atomic E-state index is 0.178. The fraction of sp³-hybridized carbons (Fsp3) is 0.240. The van der Waals surface area contributed by atoms with Gasteiger partial charge in [-0.25, -0.2) is 14.6 Å². The maximum Gasteiger partial charge on any atom is 0.174 e. The van der Waals surface area contributed by atoms with Gasteiger partial charge in [0.2, 0.25) is 0 Å². The first-order valence-electron chi connectivity index (χ1n) is 10.8. The van der Waals surface area contributed by atoms with E-state index in [-0.39, 0.29) is 5.92 Å². The summed E-state index contributed by atoms with van der Waals surface area (Å²) in [6, 6.07) is 14.1. The number of hydrogen-bond donors (Lipinski definition) is 1. The number of ether oxygens (including phenoxy) is 1. The lowest BCUT2D eigenvalue weighted by molar-refractivity contribution is 0.413. The van der Waals surface area contributed by atoms with Crippen molar-refractivity contribution < 1.29 is 4.74 Å². The van der Waals surface area contributed by atoms with Crippen LogP contribution in [0.1, 0.15) is 47.2 Å². The maximum atomic E-state index is 6.24. The molecule has 0 unspecified atom stereocenters. The molecule has 0 bridgehead atoms. The molecule has 1 aliphatic heterocycles. The molecule has 0 saturated heterocycles. The molecule has 2 aromatic carbocycles. The number of rotatable bonds is 5. The Balaban J connectivity index is 1.42. The second-order valence-corrected chi connectivity index (χ2v) is 8.06. The number of para-hydroxylation sites is 1. The molecule has 0 radical (unpaired) electrons. The highest BCUT2D eigenvalue weighted by atomic mass is 16.5. The third-order valence-electron chi connectivity index (χ3n) is 5.88. The van der Waals surface area contributed by atoms with Crippen LogP contribution in [0.5, 0.6) is 5.75 Å². The van der Waals surface area contributed by atoms with Crippen molar-refractivity contribution in [1.82, 2.24) is 24.3 Å². The van der Waals surface area contributed by atoms with Crippen molar-refractivity contribution in [2.45, 2.75) is 32.2 Å². The summed E-state index contributed by atoms with van der Waals surface area (Å²) in [7, 11) is 1.68. The molecule has 0 fully saturated rings. The van der Waals surface area contributed by atoms with Crippen LogP contribution in [0, 0.1) is 6.92 Å². The Hall–Kier alpha value is -3.87. The third kappa shape index (κ3) is 3.77. The van der Waals surface area contributed by atoms with Gasteiger partial charge in [0.1, 0.15) is 11.6 Å². The summed E-state index contributed by atoms with van der Waals surface area (Å²) in [5, 5.41) is 4.72. The zero-order valence-corrected chi connectivity index (χ0v) is 18.3. The SMILES string of the molecule is COc1cc(C=Cc2nc3n(n2)CCC[C@@H]3c2ccccc2N)ccc1-n1cnc(C)c1. The highest BCUT2D eigenvalue weighted by molar-refractivity contribution is 5.69. The topological polar surface area (TPSA) is 83.8 Å². The Labute approximate surface area is 187 Å². The molecular weight excluding hydrogens is 400 g/mol. The van der Waals surface area contributed by atoms with E-state index in [9.17, 15) is 0 Å². The van der Waals surface area contributed by atoms with Crippen LogP contribution in [0.15, 0.2) is 55.0 Å². The molecule has 7 nitrogen and oxygen atoms in total. The summed E-state index contributed by atoms with van der Waals surface area (Å²) in [6.45, 7) is 2.85. The van der Waals surface area contributed by atoms with Gasteiger partial charge < -0.3 is 15.0 Å². The molecule has 3 heterocycles. The van der Waals surface area contributed by atoms with E-state index < -0.39 is 0 Å². The number of anilines is 1. The third-order valence-corrected chi connectivity index (χ3v) is 5.88. The lowest BCUT2D eigenvalue weighted by Gasteiger charge is -2.23. The van der Waals surface area contributed by atoms with Gasteiger partial charge in [-0.2, -0.15) is 5.10 Å². The van der Waals surface area contributed by atoms with E-state index in [1.807, 2.05) is 70.9 Å². The first-order valence-corrected chi connectivity index (χ1v) is 10.8.